The molecule has 1 aliphatic carbocycles. The second-order valence-corrected chi connectivity index (χ2v) is 7.44. The van der Waals surface area contributed by atoms with E-state index in [0.717, 1.165) is 12.0 Å². The third kappa shape index (κ3) is 3.93. The number of nitrogens with one attached hydrogen (secondary N) is 1. The van der Waals surface area contributed by atoms with Gasteiger partial charge in [0.05, 0.1) is 11.7 Å². The Balaban J connectivity index is 1.50. The largest absolute Gasteiger partial charge is 0.371 e. The zero-order valence-electron chi connectivity index (χ0n) is 12.7. The van der Waals surface area contributed by atoms with Gasteiger partial charge in [-0.1, -0.05) is 0 Å². The van der Waals surface area contributed by atoms with Crippen molar-refractivity contribution >= 4 is 0 Å². The lowest BCUT2D eigenvalue weighted by Gasteiger charge is -2.32. The number of rotatable bonds is 5. The van der Waals surface area contributed by atoms with E-state index in [-0.39, 0.29) is 5.60 Å². The van der Waals surface area contributed by atoms with Gasteiger partial charge in [-0.05, 0) is 71.4 Å². The summed E-state index contributed by atoms with van der Waals surface area (Å²) in [6.45, 7) is 9.38. The summed E-state index contributed by atoms with van der Waals surface area (Å²) in [5, 5.41) is 3.55. The van der Waals surface area contributed by atoms with Crippen molar-refractivity contribution in [3.63, 3.8) is 0 Å². The van der Waals surface area contributed by atoms with Gasteiger partial charge in [0.25, 0.3) is 0 Å². The Hall–Kier alpha value is -0.120. The zero-order chi connectivity index (χ0) is 13.3. The van der Waals surface area contributed by atoms with E-state index >= 15 is 0 Å². The topological polar surface area (TPSA) is 24.5 Å². The van der Waals surface area contributed by atoms with E-state index in [1.54, 1.807) is 0 Å². The first-order valence-corrected chi connectivity index (χ1v) is 8.25. The Kier molecular flexibility index (Phi) is 4.16. The highest BCUT2D eigenvalue weighted by Gasteiger charge is 2.37. The molecule has 0 aromatic heterocycles. The molecular formula is C16H30N2O. The third-order valence-corrected chi connectivity index (χ3v) is 4.95. The van der Waals surface area contributed by atoms with Crippen LogP contribution in [-0.2, 0) is 4.74 Å². The summed E-state index contributed by atoms with van der Waals surface area (Å²) in [5.74, 6) is 0.865. The molecular weight excluding hydrogens is 236 g/mol. The molecule has 0 spiro atoms. The fourth-order valence-electron chi connectivity index (χ4n) is 3.69. The molecule has 2 aliphatic heterocycles. The van der Waals surface area contributed by atoms with Crippen molar-refractivity contribution in [3.05, 3.63) is 0 Å². The van der Waals surface area contributed by atoms with E-state index in [4.69, 9.17) is 4.74 Å². The van der Waals surface area contributed by atoms with E-state index < -0.39 is 0 Å². The number of hydrogen-bond acceptors (Lipinski definition) is 3. The van der Waals surface area contributed by atoms with Gasteiger partial charge in [0.1, 0.15) is 0 Å². The lowest BCUT2D eigenvalue weighted by Crippen LogP contribution is -2.42. The van der Waals surface area contributed by atoms with Gasteiger partial charge in [-0.25, -0.2) is 0 Å². The van der Waals surface area contributed by atoms with Crippen LogP contribution in [0.4, 0.5) is 0 Å². The minimum atomic E-state index is 0.117. The molecule has 0 bridgehead atoms. The first-order chi connectivity index (χ1) is 9.12. The first kappa shape index (κ1) is 13.8. The Morgan fingerprint density at radius 2 is 2.00 bits per heavy atom. The van der Waals surface area contributed by atoms with Crippen molar-refractivity contribution in [2.45, 2.75) is 70.1 Å². The average molecular weight is 266 g/mol. The van der Waals surface area contributed by atoms with Crippen LogP contribution >= 0.6 is 0 Å². The second-order valence-electron chi connectivity index (χ2n) is 7.44. The fraction of sp³-hybridized carbons (Fsp3) is 1.00. The molecule has 2 saturated heterocycles. The van der Waals surface area contributed by atoms with Gasteiger partial charge in [0.15, 0.2) is 0 Å². The molecule has 3 fully saturated rings. The van der Waals surface area contributed by atoms with E-state index in [2.05, 4.69) is 24.1 Å². The maximum atomic E-state index is 6.19. The Morgan fingerprint density at radius 3 is 2.58 bits per heavy atom. The molecule has 0 aromatic carbocycles. The van der Waals surface area contributed by atoms with Crippen molar-refractivity contribution < 1.29 is 4.74 Å². The van der Waals surface area contributed by atoms with Crippen LogP contribution in [0.15, 0.2) is 0 Å². The standard InChI is InChI=1S/C16H30N2O/c1-16(2)8-7-15(19-16)12-18(14-5-6-14)11-13-4-3-9-17-10-13/h13-15,17H,3-12H2,1-2H3. The highest BCUT2D eigenvalue weighted by atomic mass is 16.5. The van der Waals surface area contributed by atoms with Crippen LogP contribution < -0.4 is 5.32 Å². The normalized spacial score (nSPS) is 34.9. The van der Waals surface area contributed by atoms with Crippen LogP contribution in [0.3, 0.4) is 0 Å². The molecule has 3 aliphatic rings. The van der Waals surface area contributed by atoms with Crippen molar-refractivity contribution in [3.8, 4) is 0 Å². The van der Waals surface area contributed by atoms with Gasteiger partial charge < -0.3 is 10.1 Å². The maximum absolute atomic E-state index is 6.19. The molecule has 3 heteroatoms. The molecule has 0 amide bonds. The second kappa shape index (κ2) is 5.71. The van der Waals surface area contributed by atoms with Gasteiger partial charge in [-0.15, -0.1) is 0 Å². The molecule has 2 atom stereocenters. The van der Waals surface area contributed by atoms with Gasteiger partial charge in [-0.2, -0.15) is 0 Å². The van der Waals surface area contributed by atoms with E-state index in [0.29, 0.717) is 6.10 Å². The van der Waals surface area contributed by atoms with Crippen LogP contribution in [0, 0.1) is 5.92 Å². The van der Waals surface area contributed by atoms with Crippen molar-refractivity contribution in [2.24, 2.45) is 5.92 Å². The lowest BCUT2D eigenvalue weighted by atomic mass is 9.98. The summed E-state index contributed by atoms with van der Waals surface area (Å²) in [6.07, 6.45) is 8.54. The van der Waals surface area contributed by atoms with E-state index in [1.807, 2.05) is 0 Å². The number of nitrogens with zero attached hydrogens (tertiary/aromatic N) is 1. The van der Waals surface area contributed by atoms with Gasteiger partial charge in [-0.3, -0.25) is 4.90 Å². The van der Waals surface area contributed by atoms with Crippen molar-refractivity contribution in [2.75, 3.05) is 26.2 Å². The summed E-state index contributed by atoms with van der Waals surface area (Å²) in [6, 6.07) is 0.870. The van der Waals surface area contributed by atoms with Crippen LogP contribution in [0.5, 0.6) is 0 Å². The van der Waals surface area contributed by atoms with Crippen LogP contribution in [-0.4, -0.2) is 48.8 Å². The third-order valence-electron chi connectivity index (χ3n) is 4.95. The van der Waals surface area contributed by atoms with Crippen molar-refractivity contribution in [1.82, 2.24) is 10.2 Å². The molecule has 1 N–H and O–H groups in total. The number of ether oxygens (including phenoxy) is 1. The number of hydrogen-bond donors (Lipinski definition) is 1. The Morgan fingerprint density at radius 1 is 1.16 bits per heavy atom. The van der Waals surface area contributed by atoms with Crippen LogP contribution in [0.25, 0.3) is 0 Å². The zero-order valence-corrected chi connectivity index (χ0v) is 12.7. The summed E-state index contributed by atoms with van der Waals surface area (Å²) in [7, 11) is 0. The molecule has 1 saturated carbocycles. The van der Waals surface area contributed by atoms with Gasteiger partial charge in [0.2, 0.25) is 0 Å². The smallest absolute Gasteiger partial charge is 0.0710 e. The number of piperidine rings is 1. The summed E-state index contributed by atoms with van der Waals surface area (Å²) < 4.78 is 6.19. The predicted octanol–water partition coefficient (Wildman–Crippen LogP) is 2.41. The van der Waals surface area contributed by atoms with Crippen LogP contribution in [0.2, 0.25) is 0 Å². The quantitative estimate of drug-likeness (QED) is 0.827. The molecule has 19 heavy (non-hydrogen) atoms. The molecule has 2 heterocycles. The Labute approximate surface area is 118 Å². The highest BCUT2D eigenvalue weighted by molar-refractivity contribution is 4.90. The van der Waals surface area contributed by atoms with Gasteiger partial charge in [0, 0.05) is 19.1 Å². The van der Waals surface area contributed by atoms with Gasteiger partial charge >= 0.3 is 0 Å². The first-order valence-electron chi connectivity index (χ1n) is 8.25. The average Bonchev–Trinajstić information content (AvgIpc) is 3.16. The molecule has 0 radical (unpaired) electrons. The van der Waals surface area contributed by atoms with E-state index in [9.17, 15) is 0 Å². The molecule has 0 aromatic rings. The highest BCUT2D eigenvalue weighted by Crippen LogP contribution is 2.33. The molecule has 3 nitrogen and oxygen atoms in total. The Bertz CT molecular complexity index is 295. The summed E-state index contributed by atoms with van der Waals surface area (Å²) in [4.78, 5) is 2.74. The lowest BCUT2D eigenvalue weighted by molar-refractivity contribution is -0.0315. The maximum Gasteiger partial charge on any atom is 0.0710 e. The minimum absolute atomic E-state index is 0.117. The van der Waals surface area contributed by atoms with E-state index in [1.165, 1.54) is 64.7 Å². The monoisotopic (exact) mass is 266 g/mol. The minimum Gasteiger partial charge on any atom is -0.371 e. The predicted molar refractivity (Wildman–Crippen MR) is 78.4 cm³/mol. The molecule has 2 unspecified atom stereocenters. The molecule has 110 valence electrons. The fourth-order valence-corrected chi connectivity index (χ4v) is 3.69. The van der Waals surface area contributed by atoms with Crippen LogP contribution in [0.1, 0.15) is 52.4 Å². The summed E-state index contributed by atoms with van der Waals surface area (Å²) in [5.41, 5.74) is 0.117. The molecule has 3 rings (SSSR count). The SMILES string of the molecule is CC1(C)CCC(CN(CC2CCCNC2)C2CC2)O1. The summed E-state index contributed by atoms with van der Waals surface area (Å²) >= 11 is 0. The van der Waals surface area contributed by atoms with Crippen molar-refractivity contribution in [1.29, 1.82) is 0 Å².